The molecular formula is C13H17N3O4. The molecule has 7 nitrogen and oxygen atoms in total. The fraction of sp³-hybridized carbons (Fsp3) is 0.462. The van der Waals surface area contributed by atoms with Crippen LogP contribution in [0.3, 0.4) is 0 Å². The first-order valence-electron chi connectivity index (χ1n) is 6.49. The summed E-state index contributed by atoms with van der Waals surface area (Å²) in [7, 11) is 0. The number of nitrogens with zero attached hydrogens (tertiary/aromatic N) is 1. The number of hydrogen-bond donors (Lipinski definition) is 3. The Morgan fingerprint density at radius 3 is 2.80 bits per heavy atom. The zero-order chi connectivity index (χ0) is 14.5. The lowest BCUT2D eigenvalue weighted by molar-refractivity contribution is -0.384. The second-order valence-corrected chi connectivity index (χ2v) is 4.87. The third-order valence-corrected chi connectivity index (χ3v) is 3.16. The SMILES string of the molecule is O=C(CNc1cc(CO)ccc1[N+](=O)[O-])NCC1CC1. The third-order valence-electron chi connectivity index (χ3n) is 3.16. The van der Waals surface area contributed by atoms with Gasteiger partial charge in [-0.2, -0.15) is 0 Å². The highest BCUT2D eigenvalue weighted by atomic mass is 16.6. The molecule has 3 N–H and O–H groups in total. The predicted molar refractivity (Wildman–Crippen MR) is 73.2 cm³/mol. The summed E-state index contributed by atoms with van der Waals surface area (Å²) < 4.78 is 0. The maximum Gasteiger partial charge on any atom is 0.292 e. The molecule has 1 aromatic rings. The summed E-state index contributed by atoms with van der Waals surface area (Å²) in [6, 6.07) is 4.28. The van der Waals surface area contributed by atoms with Crippen molar-refractivity contribution in [3.05, 3.63) is 33.9 Å². The van der Waals surface area contributed by atoms with E-state index in [1.165, 1.54) is 18.2 Å². The van der Waals surface area contributed by atoms with Crippen molar-refractivity contribution in [3.8, 4) is 0 Å². The first-order chi connectivity index (χ1) is 9.60. The van der Waals surface area contributed by atoms with Crippen molar-refractivity contribution in [2.45, 2.75) is 19.4 Å². The Labute approximate surface area is 116 Å². The lowest BCUT2D eigenvalue weighted by atomic mass is 10.2. The Bertz CT molecular complexity index is 514. The highest BCUT2D eigenvalue weighted by Gasteiger charge is 2.21. The number of anilines is 1. The molecule has 0 spiro atoms. The molecule has 7 heteroatoms. The van der Waals surface area contributed by atoms with Crippen LogP contribution in [0.5, 0.6) is 0 Å². The fourth-order valence-electron chi connectivity index (χ4n) is 1.80. The van der Waals surface area contributed by atoms with Gasteiger partial charge in [-0.25, -0.2) is 0 Å². The van der Waals surface area contributed by atoms with Crippen LogP contribution in [0.4, 0.5) is 11.4 Å². The molecule has 1 aromatic carbocycles. The fourth-order valence-corrected chi connectivity index (χ4v) is 1.80. The molecule has 0 unspecified atom stereocenters. The van der Waals surface area contributed by atoms with Crippen LogP contribution in [-0.2, 0) is 11.4 Å². The number of benzene rings is 1. The number of nitrogens with one attached hydrogen (secondary N) is 2. The maximum absolute atomic E-state index is 11.6. The zero-order valence-corrected chi connectivity index (χ0v) is 11.0. The molecule has 1 saturated carbocycles. The van der Waals surface area contributed by atoms with E-state index in [1.54, 1.807) is 0 Å². The second kappa shape index (κ2) is 6.33. The Morgan fingerprint density at radius 1 is 1.45 bits per heavy atom. The average Bonchev–Trinajstić information content (AvgIpc) is 3.26. The zero-order valence-electron chi connectivity index (χ0n) is 11.0. The van der Waals surface area contributed by atoms with E-state index in [9.17, 15) is 14.9 Å². The number of rotatable bonds is 7. The molecule has 0 bridgehead atoms. The van der Waals surface area contributed by atoms with Crippen molar-refractivity contribution < 1.29 is 14.8 Å². The van der Waals surface area contributed by atoms with Gasteiger partial charge in [-0.3, -0.25) is 14.9 Å². The largest absolute Gasteiger partial charge is 0.392 e. The minimum absolute atomic E-state index is 0.0254. The van der Waals surface area contributed by atoms with Crippen LogP contribution in [0.25, 0.3) is 0 Å². The van der Waals surface area contributed by atoms with Crippen LogP contribution >= 0.6 is 0 Å². The van der Waals surface area contributed by atoms with Gasteiger partial charge in [0.15, 0.2) is 0 Å². The number of carbonyl (C=O) groups excluding carboxylic acids is 1. The lowest BCUT2D eigenvalue weighted by Crippen LogP contribution is -2.31. The molecule has 1 fully saturated rings. The summed E-state index contributed by atoms with van der Waals surface area (Å²) in [6.07, 6.45) is 2.30. The van der Waals surface area contributed by atoms with Gasteiger partial charge in [-0.15, -0.1) is 0 Å². The first-order valence-corrected chi connectivity index (χ1v) is 6.49. The number of carbonyl (C=O) groups is 1. The van der Waals surface area contributed by atoms with Gasteiger partial charge in [-0.1, -0.05) is 0 Å². The first kappa shape index (κ1) is 14.3. The van der Waals surface area contributed by atoms with Crippen LogP contribution in [0.1, 0.15) is 18.4 Å². The molecule has 0 atom stereocenters. The topological polar surface area (TPSA) is 104 Å². The number of hydrogen-bond acceptors (Lipinski definition) is 5. The van der Waals surface area contributed by atoms with E-state index in [2.05, 4.69) is 10.6 Å². The molecule has 0 saturated heterocycles. The monoisotopic (exact) mass is 279 g/mol. The number of amides is 1. The summed E-state index contributed by atoms with van der Waals surface area (Å²) in [5.74, 6) is 0.395. The van der Waals surface area contributed by atoms with E-state index in [1.807, 2.05) is 0 Å². The molecule has 108 valence electrons. The van der Waals surface area contributed by atoms with Gasteiger partial charge in [0.25, 0.3) is 5.69 Å². The standard InChI is InChI=1S/C13H17N3O4/c17-8-10-3-4-12(16(19)20)11(5-10)14-7-13(18)15-6-9-1-2-9/h3-5,9,14,17H,1-2,6-8H2,(H,15,18). The molecule has 20 heavy (non-hydrogen) atoms. The summed E-state index contributed by atoms with van der Waals surface area (Å²) in [5.41, 5.74) is 0.678. The minimum Gasteiger partial charge on any atom is -0.392 e. The smallest absolute Gasteiger partial charge is 0.292 e. The number of aliphatic hydroxyl groups is 1. The normalized spacial score (nSPS) is 13.8. The molecule has 1 amide bonds. The third kappa shape index (κ3) is 3.92. The molecule has 2 rings (SSSR count). The van der Waals surface area contributed by atoms with E-state index in [0.717, 1.165) is 12.8 Å². The van der Waals surface area contributed by atoms with Crippen LogP contribution in [0, 0.1) is 16.0 Å². The molecule has 0 radical (unpaired) electrons. The molecule has 0 aliphatic heterocycles. The van der Waals surface area contributed by atoms with Crippen molar-refractivity contribution in [2.75, 3.05) is 18.4 Å². The second-order valence-electron chi connectivity index (χ2n) is 4.87. The molecule has 1 aliphatic rings. The van der Waals surface area contributed by atoms with Crippen molar-refractivity contribution in [1.82, 2.24) is 5.32 Å². The summed E-state index contributed by atoms with van der Waals surface area (Å²) in [4.78, 5) is 22.0. The van der Waals surface area contributed by atoms with E-state index in [4.69, 9.17) is 5.11 Å². The van der Waals surface area contributed by atoms with Crippen LogP contribution in [0.15, 0.2) is 18.2 Å². The van der Waals surface area contributed by atoms with E-state index in [0.29, 0.717) is 18.0 Å². The van der Waals surface area contributed by atoms with E-state index in [-0.39, 0.29) is 30.4 Å². The highest BCUT2D eigenvalue weighted by Crippen LogP contribution is 2.27. The van der Waals surface area contributed by atoms with Crippen molar-refractivity contribution in [2.24, 2.45) is 5.92 Å². The lowest BCUT2D eigenvalue weighted by Gasteiger charge is -2.09. The minimum atomic E-state index is -0.522. The van der Waals surface area contributed by atoms with E-state index < -0.39 is 4.92 Å². The van der Waals surface area contributed by atoms with Crippen molar-refractivity contribution in [1.29, 1.82) is 0 Å². The Morgan fingerprint density at radius 2 is 2.20 bits per heavy atom. The Kier molecular flexibility index (Phi) is 4.52. The van der Waals surface area contributed by atoms with Gasteiger partial charge in [-0.05, 0) is 36.5 Å². The highest BCUT2D eigenvalue weighted by molar-refractivity contribution is 5.81. The van der Waals surface area contributed by atoms with Crippen molar-refractivity contribution >= 4 is 17.3 Å². The van der Waals surface area contributed by atoms with Crippen LogP contribution in [-0.4, -0.2) is 29.0 Å². The number of aliphatic hydroxyl groups excluding tert-OH is 1. The molecular weight excluding hydrogens is 262 g/mol. The van der Waals surface area contributed by atoms with Gasteiger partial charge in [0.05, 0.1) is 18.1 Å². The quantitative estimate of drug-likeness (QED) is 0.510. The van der Waals surface area contributed by atoms with Crippen LogP contribution < -0.4 is 10.6 Å². The van der Waals surface area contributed by atoms with Gasteiger partial charge < -0.3 is 15.7 Å². The van der Waals surface area contributed by atoms with Gasteiger partial charge in [0.1, 0.15) is 5.69 Å². The molecule has 1 aliphatic carbocycles. The van der Waals surface area contributed by atoms with Gasteiger partial charge >= 0.3 is 0 Å². The summed E-state index contributed by atoms with van der Waals surface area (Å²) >= 11 is 0. The van der Waals surface area contributed by atoms with Gasteiger partial charge in [0, 0.05) is 12.6 Å². The Balaban J connectivity index is 1.95. The molecule has 0 aromatic heterocycles. The summed E-state index contributed by atoms with van der Waals surface area (Å²) in [6.45, 7) is 0.433. The number of nitro groups is 1. The predicted octanol–water partition coefficient (Wildman–Crippen LogP) is 1.03. The van der Waals surface area contributed by atoms with Crippen molar-refractivity contribution in [3.63, 3.8) is 0 Å². The van der Waals surface area contributed by atoms with E-state index >= 15 is 0 Å². The maximum atomic E-state index is 11.6. The Hall–Kier alpha value is -2.15. The number of nitro benzene ring substituents is 1. The van der Waals surface area contributed by atoms with Gasteiger partial charge in [0.2, 0.25) is 5.91 Å². The summed E-state index contributed by atoms with van der Waals surface area (Å²) in [5, 5.41) is 25.5. The molecule has 0 heterocycles. The average molecular weight is 279 g/mol. The van der Waals surface area contributed by atoms with Crippen LogP contribution in [0.2, 0.25) is 0 Å².